The van der Waals surface area contributed by atoms with Crippen molar-refractivity contribution in [3.05, 3.63) is 59.7 Å². The van der Waals surface area contributed by atoms with Gasteiger partial charge < -0.3 is 10.2 Å². The van der Waals surface area contributed by atoms with Gasteiger partial charge in [0.2, 0.25) is 0 Å². The predicted molar refractivity (Wildman–Crippen MR) is 86.8 cm³/mol. The summed E-state index contributed by atoms with van der Waals surface area (Å²) in [7, 11) is 0. The molecule has 2 N–H and O–H groups in total. The maximum absolute atomic E-state index is 10.9. The van der Waals surface area contributed by atoms with Crippen LogP contribution >= 0.6 is 0 Å². The molecule has 0 spiro atoms. The van der Waals surface area contributed by atoms with E-state index in [1.165, 1.54) is 5.57 Å². The minimum Gasteiger partial charge on any atom is -0.388 e. The van der Waals surface area contributed by atoms with Gasteiger partial charge in [-0.2, -0.15) is 0 Å². The first-order chi connectivity index (χ1) is 9.91. The van der Waals surface area contributed by atoms with E-state index < -0.39 is 17.6 Å². The zero-order valence-corrected chi connectivity index (χ0v) is 13.2. The molecule has 1 aliphatic carbocycles. The monoisotopic (exact) mass is 286 g/mol. The highest BCUT2D eigenvalue weighted by atomic mass is 16.3. The van der Waals surface area contributed by atoms with Gasteiger partial charge in [0.05, 0.1) is 12.2 Å². The normalized spacial score (nSPS) is 31.4. The quantitative estimate of drug-likeness (QED) is 0.809. The molecule has 0 unspecified atom stereocenters. The van der Waals surface area contributed by atoms with Gasteiger partial charge in [0.25, 0.3) is 0 Å². The molecule has 2 nitrogen and oxygen atoms in total. The number of rotatable bonds is 4. The van der Waals surface area contributed by atoms with Crippen molar-refractivity contribution < 1.29 is 10.2 Å². The van der Waals surface area contributed by atoms with Crippen LogP contribution in [-0.2, 0) is 0 Å². The topological polar surface area (TPSA) is 40.5 Å². The number of hydrogen-bond donors (Lipinski definition) is 2. The average molecular weight is 286 g/mol. The fourth-order valence-electron chi connectivity index (χ4n) is 3.49. The Bertz CT molecular complexity index is 542. The van der Waals surface area contributed by atoms with E-state index in [0.29, 0.717) is 0 Å². The number of allylic oxidation sites excluding steroid dienone is 2. The van der Waals surface area contributed by atoms with E-state index in [4.69, 9.17) is 0 Å². The molecule has 1 aliphatic rings. The van der Waals surface area contributed by atoms with Crippen LogP contribution in [0.2, 0.25) is 0 Å². The minimum absolute atomic E-state index is 0.145. The fourth-order valence-corrected chi connectivity index (χ4v) is 3.49. The molecule has 21 heavy (non-hydrogen) atoms. The molecule has 2 heteroatoms. The van der Waals surface area contributed by atoms with Crippen LogP contribution in [0, 0.1) is 11.3 Å². The van der Waals surface area contributed by atoms with E-state index >= 15 is 0 Å². The van der Waals surface area contributed by atoms with E-state index in [1.807, 2.05) is 24.3 Å². The van der Waals surface area contributed by atoms with E-state index in [2.05, 4.69) is 33.4 Å². The molecule has 114 valence electrons. The third-order valence-corrected chi connectivity index (χ3v) is 4.83. The molecule has 0 aromatic heterocycles. The van der Waals surface area contributed by atoms with Crippen LogP contribution in [-0.4, -0.2) is 10.2 Å². The lowest BCUT2D eigenvalue weighted by atomic mass is 9.60. The first-order valence-corrected chi connectivity index (χ1v) is 7.62. The van der Waals surface area contributed by atoms with Gasteiger partial charge in [-0.3, -0.25) is 0 Å². The van der Waals surface area contributed by atoms with Gasteiger partial charge >= 0.3 is 0 Å². The van der Waals surface area contributed by atoms with E-state index in [9.17, 15) is 10.2 Å². The van der Waals surface area contributed by atoms with Crippen molar-refractivity contribution in [2.45, 2.75) is 45.8 Å². The Morgan fingerprint density at radius 2 is 1.86 bits per heavy atom. The summed E-state index contributed by atoms with van der Waals surface area (Å²) in [6.45, 7) is 10.1. The second-order valence-electron chi connectivity index (χ2n) is 6.56. The van der Waals surface area contributed by atoms with Crippen LogP contribution in [0.3, 0.4) is 0 Å². The summed E-state index contributed by atoms with van der Waals surface area (Å²) >= 11 is 0. The van der Waals surface area contributed by atoms with Crippen LogP contribution < -0.4 is 0 Å². The zero-order chi connectivity index (χ0) is 15.6. The van der Waals surface area contributed by atoms with E-state index in [0.717, 1.165) is 24.0 Å². The molecule has 4 atom stereocenters. The van der Waals surface area contributed by atoms with Crippen LogP contribution in [0.25, 0.3) is 0 Å². The first kappa shape index (κ1) is 16.0. The van der Waals surface area contributed by atoms with Crippen LogP contribution in [0.4, 0.5) is 0 Å². The third kappa shape index (κ3) is 2.83. The van der Waals surface area contributed by atoms with Gasteiger partial charge in [-0.15, -0.1) is 6.58 Å². The van der Waals surface area contributed by atoms with Crippen LogP contribution in [0.5, 0.6) is 0 Å². The molecular weight excluding hydrogens is 260 g/mol. The lowest BCUT2D eigenvalue weighted by molar-refractivity contribution is -0.0640. The largest absolute Gasteiger partial charge is 0.388 e. The standard InChI is InChI=1S/C19H26O2/c1-5-16-17(20)14-10-6-7-11-15(14)18(21)19(16,4)12-8-9-13(2)3/h5-7,9-11,16-18,20-21H,1,8,12H2,2-4H3/t16-,17+,18-,19-/m0/s1. The van der Waals surface area contributed by atoms with Gasteiger partial charge in [0.1, 0.15) is 0 Å². The summed E-state index contributed by atoms with van der Waals surface area (Å²) in [4.78, 5) is 0. The summed E-state index contributed by atoms with van der Waals surface area (Å²) in [6, 6.07) is 7.64. The molecule has 0 radical (unpaired) electrons. The molecule has 0 fully saturated rings. The van der Waals surface area contributed by atoms with Gasteiger partial charge in [0, 0.05) is 11.3 Å². The molecule has 0 bridgehead atoms. The van der Waals surface area contributed by atoms with Crippen molar-refractivity contribution >= 4 is 0 Å². The Labute approximate surface area is 127 Å². The second-order valence-corrected chi connectivity index (χ2v) is 6.56. The number of fused-ring (bicyclic) bond motifs is 1. The molecule has 0 heterocycles. The maximum Gasteiger partial charge on any atom is 0.0862 e. The number of aliphatic hydroxyl groups is 2. The summed E-state index contributed by atoms with van der Waals surface area (Å²) in [5.74, 6) is -0.145. The van der Waals surface area contributed by atoms with Crippen LogP contribution in [0.15, 0.2) is 48.6 Å². The second kappa shape index (κ2) is 6.17. The first-order valence-electron chi connectivity index (χ1n) is 7.62. The molecule has 1 aromatic rings. The van der Waals surface area contributed by atoms with Gasteiger partial charge in [0.15, 0.2) is 0 Å². The molecule has 0 saturated heterocycles. The highest BCUT2D eigenvalue weighted by Crippen LogP contribution is 2.54. The molecule has 0 aliphatic heterocycles. The van der Waals surface area contributed by atoms with Crippen molar-refractivity contribution in [3.8, 4) is 0 Å². The van der Waals surface area contributed by atoms with Crippen LogP contribution in [0.1, 0.15) is 56.9 Å². The Morgan fingerprint density at radius 1 is 1.24 bits per heavy atom. The SMILES string of the molecule is C=C[C@H]1[C@H](O)c2ccccc2[C@H](O)[C@@]1(C)CCC=C(C)C. The molecule has 0 amide bonds. The summed E-state index contributed by atoms with van der Waals surface area (Å²) < 4.78 is 0. The molecular formula is C19H26O2. The lowest BCUT2D eigenvalue weighted by Crippen LogP contribution is -2.41. The lowest BCUT2D eigenvalue weighted by Gasteiger charge is -2.47. The Hall–Kier alpha value is -1.38. The summed E-state index contributed by atoms with van der Waals surface area (Å²) in [5, 5.41) is 21.6. The average Bonchev–Trinajstić information content (AvgIpc) is 2.45. The maximum atomic E-state index is 10.9. The van der Waals surface area contributed by atoms with E-state index in [-0.39, 0.29) is 5.92 Å². The van der Waals surface area contributed by atoms with Gasteiger partial charge in [-0.1, -0.05) is 48.9 Å². The summed E-state index contributed by atoms with van der Waals surface area (Å²) in [5.41, 5.74) is 2.55. The number of hydrogen-bond acceptors (Lipinski definition) is 2. The van der Waals surface area contributed by atoms with E-state index in [1.54, 1.807) is 6.08 Å². The van der Waals surface area contributed by atoms with Crippen molar-refractivity contribution in [1.29, 1.82) is 0 Å². The Kier molecular flexibility index (Phi) is 4.70. The van der Waals surface area contributed by atoms with Crippen molar-refractivity contribution in [3.63, 3.8) is 0 Å². The zero-order valence-electron chi connectivity index (χ0n) is 13.2. The van der Waals surface area contributed by atoms with Crippen molar-refractivity contribution in [2.24, 2.45) is 11.3 Å². The summed E-state index contributed by atoms with van der Waals surface area (Å²) in [6.07, 6.45) is 4.53. The smallest absolute Gasteiger partial charge is 0.0862 e. The Morgan fingerprint density at radius 3 is 2.43 bits per heavy atom. The van der Waals surface area contributed by atoms with Crippen molar-refractivity contribution in [2.75, 3.05) is 0 Å². The molecule has 2 rings (SSSR count). The number of benzene rings is 1. The highest BCUT2D eigenvalue weighted by molar-refractivity contribution is 5.37. The fraction of sp³-hybridized carbons (Fsp3) is 0.474. The number of aliphatic hydroxyl groups excluding tert-OH is 2. The molecule has 0 saturated carbocycles. The van der Waals surface area contributed by atoms with Gasteiger partial charge in [-0.25, -0.2) is 0 Å². The van der Waals surface area contributed by atoms with Crippen molar-refractivity contribution in [1.82, 2.24) is 0 Å². The third-order valence-electron chi connectivity index (χ3n) is 4.83. The predicted octanol–water partition coefficient (Wildman–Crippen LogP) is 4.32. The minimum atomic E-state index is -0.598. The Balaban J connectivity index is 2.40. The van der Waals surface area contributed by atoms with Gasteiger partial charge in [-0.05, 0) is 37.8 Å². The highest BCUT2D eigenvalue weighted by Gasteiger charge is 2.48. The molecule has 1 aromatic carbocycles.